The first-order valence-electron chi connectivity index (χ1n) is 7.55. The van der Waals surface area contributed by atoms with Gasteiger partial charge in [-0.15, -0.1) is 10.2 Å². The van der Waals surface area contributed by atoms with Crippen molar-refractivity contribution in [3.05, 3.63) is 30.7 Å². The van der Waals surface area contributed by atoms with Crippen LogP contribution in [0.2, 0.25) is 0 Å². The first-order chi connectivity index (χ1) is 13.2. The quantitative estimate of drug-likeness (QED) is 0.616. The summed E-state index contributed by atoms with van der Waals surface area (Å²) in [5, 5.41) is 10.7. The fourth-order valence-corrected chi connectivity index (χ4v) is 1.87. The van der Waals surface area contributed by atoms with Crippen molar-refractivity contribution in [3.8, 4) is 17.6 Å². The molecule has 0 saturated carbocycles. The van der Waals surface area contributed by atoms with E-state index in [9.17, 15) is 0 Å². The zero-order chi connectivity index (χ0) is 19.1. The van der Waals surface area contributed by atoms with Gasteiger partial charge in [-0.3, -0.25) is 0 Å². The Balaban J connectivity index is 1.80. The predicted octanol–water partition coefficient (Wildman–Crippen LogP) is 2.24. The maximum atomic E-state index is 5.25. The maximum Gasteiger partial charge on any atom is 0.272 e. The van der Waals surface area contributed by atoms with Crippen LogP contribution < -0.4 is 19.5 Å². The van der Waals surface area contributed by atoms with Crippen LogP contribution in [0.1, 0.15) is 0 Å². The first kappa shape index (κ1) is 17.8. The van der Waals surface area contributed by atoms with E-state index >= 15 is 0 Å². The molecule has 0 fully saturated rings. The van der Waals surface area contributed by atoms with E-state index in [2.05, 4.69) is 45.4 Å². The molecule has 27 heavy (non-hydrogen) atoms. The molecule has 12 nitrogen and oxygen atoms in total. The predicted molar refractivity (Wildman–Crippen MR) is 93.2 cm³/mol. The molecule has 3 heterocycles. The van der Waals surface area contributed by atoms with Crippen LogP contribution in [0.5, 0.6) is 17.6 Å². The van der Waals surface area contributed by atoms with Gasteiger partial charge in [-0.2, -0.15) is 15.0 Å². The minimum atomic E-state index is 0.0652. The Morgan fingerprint density at radius 1 is 0.778 bits per heavy atom. The van der Waals surface area contributed by atoms with Gasteiger partial charge in [0.15, 0.2) is 0 Å². The molecular formula is C15H15N9O3. The zero-order valence-corrected chi connectivity index (χ0v) is 14.7. The molecule has 0 bridgehead atoms. The molecule has 0 aliphatic heterocycles. The smallest absolute Gasteiger partial charge is 0.272 e. The molecule has 3 aromatic rings. The van der Waals surface area contributed by atoms with Gasteiger partial charge < -0.3 is 19.5 Å². The third-order valence-electron chi connectivity index (χ3n) is 3.08. The van der Waals surface area contributed by atoms with Crippen molar-refractivity contribution in [1.82, 2.24) is 29.9 Å². The van der Waals surface area contributed by atoms with Crippen molar-refractivity contribution in [3.63, 3.8) is 0 Å². The van der Waals surface area contributed by atoms with Gasteiger partial charge in [0.25, 0.3) is 11.9 Å². The van der Waals surface area contributed by atoms with Crippen LogP contribution in [0.15, 0.2) is 41.0 Å². The van der Waals surface area contributed by atoms with Gasteiger partial charge in [-0.05, 0) is 0 Å². The lowest BCUT2D eigenvalue weighted by molar-refractivity contribution is 0.396. The van der Waals surface area contributed by atoms with Gasteiger partial charge in [0, 0.05) is 24.5 Å². The highest BCUT2D eigenvalue weighted by Gasteiger charge is 2.10. The average Bonchev–Trinajstić information content (AvgIpc) is 2.73. The van der Waals surface area contributed by atoms with Gasteiger partial charge >= 0.3 is 0 Å². The summed E-state index contributed by atoms with van der Waals surface area (Å²) in [6.45, 7) is 0. The summed E-state index contributed by atoms with van der Waals surface area (Å²) in [6.07, 6.45) is 4.52. The van der Waals surface area contributed by atoms with E-state index in [1.165, 1.54) is 33.7 Å². The number of rotatable bonds is 7. The molecular weight excluding hydrogens is 354 g/mol. The molecule has 0 amide bonds. The molecule has 12 heteroatoms. The highest BCUT2D eigenvalue weighted by Crippen LogP contribution is 2.26. The molecule has 0 spiro atoms. The summed E-state index contributed by atoms with van der Waals surface area (Å²) in [5.41, 5.74) is 0.447. The van der Waals surface area contributed by atoms with E-state index in [-0.39, 0.29) is 17.8 Å². The Morgan fingerprint density at radius 2 is 1.44 bits per heavy atom. The molecule has 138 valence electrons. The monoisotopic (exact) mass is 369 g/mol. The SMILES string of the molecule is COc1ccnc(/N=N/c2ncc(Nc3nccc(OC)n3)c(OC)n2)n1. The molecule has 0 unspecified atom stereocenters. The fraction of sp³-hybridized carbons (Fsp3) is 0.200. The summed E-state index contributed by atoms with van der Waals surface area (Å²) < 4.78 is 15.3. The second-order valence-electron chi connectivity index (χ2n) is 4.74. The maximum absolute atomic E-state index is 5.25. The van der Waals surface area contributed by atoms with Crippen molar-refractivity contribution in [2.45, 2.75) is 0 Å². The second-order valence-corrected chi connectivity index (χ2v) is 4.74. The van der Waals surface area contributed by atoms with Crippen LogP contribution in [0.4, 0.5) is 23.5 Å². The Bertz CT molecular complexity index is 951. The Morgan fingerprint density at radius 3 is 2.15 bits per heavy atom. The van der Waals surface area contributed by atoms with E-state index < -0.39 is 0 Å². The number of azo groups is 1. The lowest BCUT2D eigenvalue weighted by atomic mass is 10.5. The van der Waals surface area contributed by atoms with Crippen LogP contribution >= 0.6 is 0 Å². The van der Waals surface area contributed by atoms with Gasteiger partial charge in [0.1, 0.15) is 5.69 Å². The second kappa shape index (κ2) is 8.42. The minimum absolute atomic E-state index is 0.0652. The molecule has 0 radical (unpaired) electrons. The summed E-state index contributed by atoms with van der Waals surface area (Å²) in [4.78, 5) is 24.5. The number of aromatic nitrogens is 6. The topological polar surface area (TPSA) is 142 Å². The molecule has 0 aliphatic rings. The number of hydrogen-bond donors (Lipinski definition) is 1. The molecule has 0 saturated heterocycles. The summed E-state index contributed by atoms with van der Waals surface area (Å²) in [6, 6.07) is 3.22. The van der Waals surface area contributed by atoms with Gasteiger partial charge in [0.2, 0.25) is 23.6 Å². The third-order valence-corrected chi connectivity index (χ3v) is 3.08. The average molecular weight is 369 g/mol. The minimum Gasteiger partial charge on any atom is -0.481 e. The van der Waals surface area contributed by atoms with Crippen LogP contribution in [-0.4, -0.2) is 51.2 Å². The lowest BCUT2D eigenvalue weighted by Crippen LogP contribution is -2.02. The van der Waals surface area contributed by atoms with Crippen molar-refractivity contribution in [2.24, 2.45) is 10.2 Å². The zero-order valence-electron chi connectivity index (χ0n) is 14.7. The Labute approximate surface area is 153 Å². The van der Waals surface area contributed by atoms with Gasteiger partial charge in [-0.1, -0.05) is 0 Å². The van der Waals surface area contributed by atoms with E-state index in [0.29, 0.717) is 23.4 Å². The van der Waals surface area contributed by atoms with Crippen molar-refractivity contribution < 1.29 is 14.2 Å². The molecule has 0 aromatic carbocycles. The van der Waals surface area contributed by atoms with E-state index in [1.807, 2.05) is 0 Å². The molecule has 3 aromatic heterocycles. The number of hydrogen-bond acceptors (Lipinski definition) is 12. The molecule has 0 atom stereocenters. The highest BCUT2D eigenvalue weighted by molar-refractivity contribution is 5.59. The van der Waals surface area contributed by atoms with Crippen LogP contribution in [0, 0.1) is 0 Å². The number of nitrogens with one attached hydrogen (secondary N) is 1. The van der Waals surface area contributed by atoms with E-state index in [4.69, 9.17) is 14.2 Å². The number of nitrogens with zero attached hydrogens (tertiary/aromatic N) is 8. The molecule has 0 aliphatic carbocycles. The summed E-state index contributed by atoms with van der Waals surface area (Å²) >= 11 is 0. The summed E-state index contributed by atoms with van der Waals surface area (Å²) in [7, 11) is 4.47. The van der Waals surface area contributed by atoms with Gasteiger partial charge in [-0.25, -0.2) is 15.0 Å². The fourth-order valence-electron chi connectivity index (χ4n) is 1.87. The highest BCUT2D eigenvalue weighted by atomic mass is 16.5. The van der Waals surface area contributed by atoms with Crippen LogP contribution in [0.25, 0.3) is 0 Å². The standard InChI is InChI=1S/C15H15N9O3/c1-25-10-4-6-16-13(20-10)19-9-8-18-15(22-12(9)27-3)24-23-14-17-7-5-11(21-14)26-2/h4-8H,1-3H3,(H,16,19,20)/b24-23+. The Kier molecular flexibility index (Phi) is 5.57. The largest absolute Gasteiger partial charge is 0.481 e. The van der Waals surface area contributed by atoms with Crippen molar-refractivity contribution in [1.29, 1.82) is 0 Å². The van der Waals surface area contributed by atoms with Crippen molar-refractivity contribution >= 4 is 23.5 Å². The van der Waals surface area contributed by atoms with Crippen LogP contribution in [0.3, 0.4) is 0 Å². The first-order valence-corrected chi connectivity index (χ1v) is 7.55. The number of ether oxygens (including phenoxy) is 3. The lowest BCUT2D eigenvalue weighted by Gasteiger charge is -2.09. The van der Waals surface area contributed by atoms with Crippen molar-refractivity contribution in [2.75, 3.05) is 26.6 Å². The Hall–Kier alpha value is -3.96. The third kappa shape index (κ3) is 4.56. The van der Waals surface area contributed by atoms with E-state index in [1.54, 1.807) is 18.3 Å². The summed E-state index contributed by atoms with van der Waals surface area (Å²) in [5.74, 6) is 1.50. The number of methoxy groups -OCH3 is 3. The molecule has 3 rings (SSSR count). The van der Waals surface area contributed by atoms with E-state index in [0.717, 1.165) is 0 Å². The normalized spacial score (nSPS) is 10.6. The van der Waals surface area contributed by atoms with Gasteiger partial charge in [0.05, 0.1) is 27.5 Å². The van der Waals surface area contributed by atoms with Crippen LogP contribution in [-0.2, 0) is 0 Å². The molecule has 1 N–H and O–H groups in total. The number of anilines is 2.